The number of likely N-dealkylation sites (tertiary alicyclic amines) is 2. The molecule has 2 aliphatic heterocycles. The Bertz CT molecular complexity index is 2590. The normalized spacial score (nSPS) is 17.9. The maximum absolute atomic E-state index is 14.4. The van der Waals surface area contributed by atoms with Gasteiger partial charge in [0.1, 0.15) is 60.4 Å². The standard InChI is InChI=1S/C54H90N16O19/c1-8-27(6)43(53(87)70-18-10-11-35(70)49(83)64-31(14-16-38(57)74)45(79)63-30(13-15-37(56)73)46(80)66-34(24-72)54(88)89)68-48(82)33(23-71)65-51(85)42(26(4)5)67-50(84)36-12-9-17-69(36)52(86)28(7)61-47(81)32(20-39(58)75)62-41(77)22-59-40(76)21-60-44(78)29(55)19-25(2)3/h25-36,42-43,71-72H,8-24,55H2,1-7H3,(H2,56,73)(H2,57,74)(H2,58,75)(H,59,76)(H,60,78)(H,61,81)(H,62,77)(H,63,79)(H,64,83)(H,65,85)(H,66,80)(H,67,84)(H,68,82)(H,88,89)/t27-,28-,29-,30-,31-,32-,33-,34-,35-,36-,42-,43-/m0/s1. The maximum atomic E-state index is 14.4. The molecule has 2 saturated heterocycles. The summed E-state index contributed by atoms with van der Waals surface area (Å²) in [6, 6.07) is -15.9. The molecule has 89 heavy (non-hydrogen) atoms. The maximum Gasteiger partial charge on any atom is 0.328 e. The molecule has 0 spiro atoms. The Morgan fingerprint density at radius 3 is 1.46 bits per heavy atom. The average molecular weight is 1270 g/mol. The number of nitrogens with two attached hydrogens (primary N) is 4. The largest absolute Gasteiger partial charge is 0.480 e. The first-order valence-electron chi connectivity index (χ1n) is 29.3. The Morgan fingerprint density at radius 1 is 0.506 bits per heavy atom. The van der Waals surface area contributed by atoms with Gasteiger partial charge in [0.25, 0.3) is 0 Å². The van der Waals surface area contributed by atoms with Crippen molar-refractivity contribution < 1.29 is 92.0 Å². The molecule has 0 aromatic carbocycles. The predicted octanol–water partition coefficient (Wildman–Crippen LogP) is -8.35. The highest BCUT2D eigenvalue weighted by molar-refractivity contribution is 6.00. The van der Waals surface area contributed by atoms with E-state index in [-0.39, 0.29) is 44.7 Å². The van der Waals surface area contributed by atoms with Crippen LogP contribution >= 0.6 is 0 Å². The molecule has 21 N–H and O–H groups in total. The van der Waals surface area contributed by atoms with Crippen molar-refractivity contribution in [3.8, 4) is 0 Å². The van der Waals surface area contributed by atoms with Crippen molar-refractivity contribution in [2.45, 2.75) is 186 Å². The molecule has 2 rings (SSSR count). The van der Waals surface area contributed by atoms with Crippen LogP contribution in [-0.2, 0) is 76.7 Å². The molecule has 0 aliphatic carbocycles. The molecule has 0 radical (unpaired) electrons. The first-order valence-corrected chi connectivity index (χ1v) is 29.3. The van der Waals surface area contributed by atoms with Crippen LogP contribution in [0.2, 0.25) is 0 Å². The number of carbonyl (C=O) groups is 16. The Kier molecular flexibility index (Phi) is 32.1. The number of hydrogen-bond donors (Lipinski definition) is 17. The number of aliphatic carboxylic acids is 1. The van der Waals surface area contributed by atoms with Crippen LogP contribution in [0.25, 0.3) is 0 Å². The summed E-state index contributed by atoms with van der Waals surface area (Å²) in [5.41, 5.74) is 21.7. The van der Waals surface area contributed by atoms with E-state index in [4.69, 9.17) is 22.9 Å². The first-order chi connectivity index (χ1) is 41.7. The second kappa shape index (κ2) is 37.3. The zero-order chi connectivity index (χ0) is 67.6. The van der Waals surface area contributed by atoms with Crippen LogP contribution in [0.4, 0.5) is 0 Å². The van der Waals surface area contributed by atoms with Gasteiger partial charge in [-0.05, 0) is 69.6 Å². The Balaban J connectivity index is 2.20. The van der Waals surface area contributed by atoms with E-state index >= 15 is 0 Å². The van der Waals surface area contributed by atoms with Crippen molar-refractivity contribution in [2.75, 3.05) is 39.4 Å². The van der Waals surface area contributed by atoms with E-state index in [2.05, 4.69) is 47.9 Å². The Morgan fingerprint density at radius 2 is 0.978 bits per heavy atom. The minimum absolute atomic E-state index is 0.0239. The van der Waals surface area contributed by atoms with Gasteiger partial charge in [-0.2, -0.15) is 0 Å². The quantitative estimate of drug-likeness (QED) is 0.0273. The number of aliphatic hydroxyl groups is 2. The van der Waals surface area contributed by atoms with E-state index in [0.717, 1.165) is 9.80 Å². The second-order valence-corrected chi connectivity index (χ2v) is 22.7. The molecular formula is C54H90N16O19. The third kappa shape index (κ3) is 25.2. The molecule has 2 aliphatic rings. The minimum Gasteiger partial charge on any atom is -0.480 e. The number of nitrogens with zero attached hydrogens (tertiary/aromatic N) is 2. The van der Waals surface area contributed by atoms with Crippen molar-refractivity contribution >= 4 is 94.6 Å². The summed E-state index contributed by atoms with van der Waals surface area (Å²) < 4.78 is 0. The first kappa shape index (κ1) is 76.5. The lowest BCUT2D eigenvalue weighted by atomic mass is 9.96. The molecule has 35 nitrogen and oxygen atoms in total. The van der Waals surface area contributed by atoms with Crippen molar-refractivity contribution in [2.24, 2.45) is 40.7 Å². The molecule has 0 bridgehead atoms. The van der Waals surface area contributed by atoms with Gasteiger partial charge in [-0.25, -0.2) is 4.79 Å². The average Bonchev–Trinajstić information content (AvgIpc) is 1.95. The molecule has 15 amide bonds. The number of carboxylic acid groups (broad SMARTS) is 1. The highest BCUT2D eigenvalue weighted by atomic mass is 16.4. The molecular weight excluding hydrogens is 1180 g/mol. The van der Waals surface area contributed by atoms with E-state index in [1.54, 1.807) is 27.7 Å². The van der Waals surface area contributed by atoms with Crippen molar-refractivity contribution in [3.05, 3.63) is 0 Å². The number of rotatable bonds is 38. The summed E-state index contributed by atoms with van der Waals surface area (Å²) in [4.78, 5) is 211. The molecule has 12 atom stereocenters. The molecule has 0 saturated carbocycles. The van der Waals surface area contributed by atoms with Crippen LogP contribution in [-0.4, -0.2) is 226 Å². The second-order valence-electron chi connectivity index (χ2n) is 22.7. The van der Waals surface area contributed by atoms with E-state index in [9.17, 15) is 92.0 Å². The summed E-state index contributed by atoms with van der Waals surface area (Å²) in [6.07, 6.45) is -1.24. The topological polar surface area (TPSA) is 565 Å². The van der Waals surface area contributed by atoms with Gasteiger partial charge in [-0.3, -0.25) is 71.9 Å². The van der Waals surface area contributed by atoms with Gasteiger partial charge < -0.3 is 101 Å². The summed E-state index contributed by atoms with van der Waals surface area (Å²) in [6.45, 7) is 8.16. The van der Waals surface area contributed by atoms with Crippen LogP contribution in [0.15, 0.2) is 0 Å². The van der Waals surface area contributed by atoms with Gasteiger partial charge in [0, 0.05) is 25.9 Å². The number of carboxylic acids is 1. The van der Waals surface area contributed by atoms with Crippen LogP contribution in [0.3, 0.4) is 0 Å². The van der Waals surface area contributed by atoms with E-state index in [1.807, 2.05) is 19.2 Å². The lowest BCUT2D eigenvalue weighted by molar-refractivity contribution is -0.144. The number of nitrogens with one attached hydrogen (secondary N) is 10. The van der Waals surface area contributed by atoms with Gasteiger partial charge in [0.15, 0.2) is 0 Å². The van der Waals surface area contributed by atoms with Crippen molar-refractivity contribution in [1.29, 1.82) is 0 Å². The highest BCUT2D eigenvalue weighted by Gasteiger charge is 2.43. The minimum atomic E-state index is -1.81. The zero-order valence-corrected chi connectivity index (χ0v) is 51.2. The third-order valence-electron chi connectivity index (χ3n) is 14.7. The lowest BCUT2D eigenvalue weighted by Crippen LogP contribution is -2.62. The molecule has 35 heteroatoms. The van der Waals surface area contributed by atoms with Crippen LogP contribution in [0, 0.1) is 17.8 Å². The van der Waals surface area contributed by atoms with E-state index < -0.39 is 231 Å². The number of amides is 15. The van der Waals surface area contributed by atoms with Gasteiger partial charge in [-0.15, -0.1) is 0 Å². The number of aliphatic hydroxyl groups excluding tert-OH is 2. The molecule has 0 aromatic heterocycles. The molecule has 0 aromatic rings. The summed E-state index contributed by atoms with van der Waals surface area (Å²) >= 11 is 0. The summed E-state index contributed by atoms with van der Waals surface area (Å²) in [5, 5.41) is 52.8. The van der Waals surface area contributed by atoms with Gasteiger partial charge in [-0.1, -0.05) is 48.0 Å². The smallest absolute Gasteiger partial charge is 0.328 e. The monoisotopic (exact) mass is 1270 g/mol. The number of primary amides is 3. The van der Waals surface area contributed by atoms with Gasteiger partial charge >= 0.3 is 5.97 Å². The molecule has 500 valence electrons. The molecule has 2 fully saturated rings. The van der Waals surface area contributed by atoms with E-state index in [1.165, 1.54) is 6.92 Å². The Labute approximate surface area is 513 Å². The molecule has 2 heterocycles. The van der Waals surface area contributed by atoms with Crippen LogP contribution < -0.4 is 76.1 Å². The van der Waals surface area contributed by atoms with E-state index in [0.29, 0.717) is 12.8 Å². The molecule has 0 unspecified atom stereocenters. The fraction of sp³-hybridized carbons (Fsp3) is 0.704. The lowest BCUT2D eigenvalue weighted by Gasteiger charge is -2.33. The summed E-state index contributed by atoms with van der Waals surface area (Å²) in [5.74, 6) is -16.5. The predicted molar refractivity (Wildman–Crippen MR) is 311 cm³/mol. The van der Waals surface area contributed by atoms with Crippen molar-refractivity contribution in [1.82, 2.24) is 63.0 Å². The Hall–Kier alpha value is -8.60. The van der Waals surface area contributed by atoms with Gasteiger partial charge in [0.05, 0.1) is 38.8 Å². The van der Waals surface area contributed by atoms with Crippen molar-refractivity contribution in [3.63, 3.8) is 0 Å². The number of hydrogen-bond acceptors (Lipinski definition) is 19. The van der Waals surface area contributed by atoms with Gasteiger partial charge in [0.2, 0.25) is 88.6 Å². The fourth-order valence-electron chi connectivity index (χ4n) is 9.51. The fourth-order valence-corrected chi connectivity index (χ4v) is 9.51. The zero-order valence-electron chi connectivity index (χ0n) is 51.2. The third-order valence-corrected chi connectivity index (χ3v) is 14.7. The summed E-state index contributed by atoms with van der Waals surface area (Å²) in [7, 11) is 0. The van der Waals surface area contributed by atoms with Crippen LogP contribution in [0.1, 0.15) is 119 Å². The highest BCUT2D eigenvalue weighted by Crippen LogP contribution is 2.23. The number of carbonyl (C=O) groups excluding carboxylic acids is 15. The van der Waals surface area contributed by atoms with Crippen LogP contribution in [0.5, 0.6) is 0 Å². The SMILES string of the molecule is CC[C@H](C)[C@H](NC(=O)[C@H](CO)NC(=O)[C@@H](NC(=O)[C@@H]1CCCN1C(=O)[C@H](C)NC(=O)[C@H](CC(N)=O)NC(=O)CNC(=O)CNC(=O)[C@@H](N)CC(C)C)C(C)C)C(=O)N1CCC[C@H]1C(=O)N[C@@H](CCC(N)=O)C(=O)N[C@@H](CCC(N)=O)C(=O)N[C@@H](CO)C(=O)O.